The van der Waals surface area contributed by atoms with Crippen molar-refractivity contribution in [3.05, 3.63) is 34.6 Å². The normalized spacial score (nSPS) is 14.7. The van der Waals surface area contributed by atoms with Crippen molar-refractivity contribution in [2.75, 3.05) is 0 Å². The summed E-state index contributed by atoms with van der Waals surface area (Å²) in [6.45, 7) is 2.96. The van der Waals surface area contributed by atoms with Crippen LogP contribution in [0.4, 0.5) is 0 Å². The van der Waals surface area contributed by atoms with E-state index in [0.29, 0.717) is 0 Å². The number of aromatic nitrogens is 2. The monoisotopic (exact) mass is 325 g/mol. The van der Waals surface area contributed by atoms with Gasteiger partial charge in [0.2, 0.25) is 0 Å². The number of hydrogen-bond acceptors (Lipinski definition) is 5. The second kappa shape index (κ2) is 6.43. The largest absolute Gasteiger partial charge is 0.310 e. The molecule has 1 heterocycles. The van der Waals surface area contributed by atoms with Crippen LogP contribution in [-0.4, -0.2) is 15.4 Å². The number of halogens is 1. The highest BCUT2D eigenvalue weighted by Crippen LogP contribution is 2.34. The minimum Gasteiger partial charge on any atom is -0.310 e. The predicted octanol–water partition coefficient (Wildman–Crippen LogP) is 4.16. The van der Waals surface area contributed by atoms with Gasteiger partial charge >= 0.3 is 0 Å². The summed E-state index contributed by atoms with van der Waals surface area (Å²) in [6.07, 6.45) is 3.48. The molecular weight excluding hydrogens is 310 g/mol. The van der Waals surface area contributed by atoms with E-state index in [-0.39, 0.29) is 0 Å². The molecule has 20 heavy (non-hydrogen) atoms. The van der Waals surface area contributed by atoms with Gasteiger partial charge in [0.15, 0.2) is 4.34 Å². The number of rotatable bonds is 6. The van der Waals surface area contributed by atoms with Crippen LogP contribution in [0.15, 0.2) is 27.4 Å². The Morgan fingerprint density at radius 1 is 1.45 bits per heavy atom. The van der Waals surface area contributed by atoms with Gasteiger partial charge in [-0.3, -0.25) is 0 Å². The minimum absolute atomic E-state index is 0.719. The van der Waals surface area contributed by atoms with Crippen LogP contribution in [0.25, 0.3) is 0 Å². The molecule has 0 bridgehead atoms. The summed E-state index contributed by atoms with van der Waals surface area (Å²) in [6, 6.07) is 6.97. The Labute approximate surface area is 132 Å². The molecule has 106 valence electrons. The lowest BCUT2D eigenvalue weighted by atomic mass is 10.2. The van der Waals surface area contributed by atoms with Gasteiger partial charge in [0.1, 0.15) is 5.82 Å². The third-order valence-corrected chi connectivity index (χ3v) is 5.42. The van der Waals surface area contributed by atoms with E-state index in [1.54, 1.807) is 11.8 Å². The van der Waals surface area contributed by atoms with Crippen LogP contribution < -0.4 is 5.32 Å². The van der Waals surface area contributed by atoms with Gasteiger partial charge in [-0.25, -0.2) is 4.98 Å². The molecule has 3 nitrogen and oxygen atoms in total. The van der Waals surface area contributed by atoms with Crippen LogP contribution in [0.3, 0.4) is 0 Å². The molecule has 0 atom stereocenters. The van der Waals surface area contributed by atoms with Gasteiger partial charge in [0.25, 0.3) is 0 Å². The van der Waals surface area contributed by atoms with E-state index in [1.165, 1.54) is 29.9 Å². The van der Waals surface area contributed by atoms with Crippen molar-refractivity contribution in [2.45, 2.75) is 48.0 Å². The van der Waals surface area contributed by atoms with Gasteiger partial charge < -0.3 is 5.32 Å². The highest BCUT2D eigenvalue weighted by Gasteiger charge is 2.20. The van der Waals surface area contributed by atoms with Crippen LogP contribution in [0.2, 0.25) is 5.02 Å². The van der Waals surface area contributed by atoms with Crippen molar-refractivity contribution in [3.8, 4) is 0 Å². The van der Waals surface area contributed by atoms with Gasteiger partial charge in [-0.2, -0.15) is 4.37 Å². The van der Waals surface area contributed by atoms with Gasteiger partial charge in [0.05, 0.1) is 5.02 Å². The molecule has 6 heteroatoms. The fraction of sp³-hybridized carbons (Fsp3) is 0.429. The lowest BCUT2D eigenvalue weighted by molar-refractivity contribution is 0.687. The molecule has 2 aromatic rings. The predicted molar refractivity (Wildman–Crippen MR) is 84.7 cm³/mol. The standard InChI is InChI=1S/C14H16ClN3S2/c1-2-13-17-14(20-18-13)19-12-6-3-9(7-11(12)15)8-16-10-4-5-10/h3,6-7,10,16H,2,4-5,8H2,1H3. The third-order valence-electron chi connectivity index (χ3n) is 3.13. The number of benzene rings is 1. The minimum atomic E-state index is 0.719. The van der Waals surface area contributed by atoms with E-state index < -0.39 is 0 Å². The molecule has 0 amide bonds. The molecule has 1 aromatic heterocycles. The smallest absolute Gasteiger partial charge is 0.174 e. The van der Waals surface area contributed by atoms with E-state index in [1.807, 2.05) is 6.07 Å². The van der Waals surface area contributed by atoms with Gasteiger partial charge in [0, 0.05) is 23.9 Å². The number of nitrogens with one attached hydrogen (secondary N) is 1. The Morgan fingerprint density at radius 2 is 2.30 bits per heavy atom. The first-order valence-corrected chi connectivity index (χ1v) is 8.73. The summed E-state index contributed by atoms with van der Waals surface area (Å²) in [5.41, 5.74) is 1.23. The quantitative estimate of drug-likeness (QED) is 0.865. The van der Waals surface area contributed by atoms with Crippen molar-refractivity contribution in [2.24, 2.45) is 0 Å². The third kappa shape index (κ3) is 3.73. The Hall–Kier alpha value is -0.620. The van der Waals surface area contributed by atoms with Gasteiger partial charge in [-0.15, -0.1) is 0 Å². The zero-order valence-corrected chi connectivity index (χ0v) is 13.6. The van der Waals surface area contributed by atoms with E-state index in [0.717, 1.165) is 39.1 Å². The second-order valence-corrected chi connectivity index (χ2v) is 7.30. The maximum Gasteiger partial charge on any atom is 0.174 e. The summed E-state index contributed by atoms with van der Waals surface area (Å²) < 4.78 is 5.24. The zero-order chi connectivity index (χ0) is 13.9. The molecule has 0 unspecified atom stereocenters. The van der Waals surface area contributed by atoms with Crippen LogP contribution >= 0.6 is 34.9 Å². The second-order valence-electron chi connectivity index (χ2n) is 4.85. The highest BCUT2D eigenvalue weighted by molar-refractivity contribution is 8.01. The van der Waals surface area contributed by atoms with Crippen molar-refractivity contribution in [1.82, 2.24) is 14.7 Å². The van der Waals surface area contributed by atoms with Gasteiger partial charge in [-0.1, -0.05) is 36.4 Å². The topological polar surface area (TPSA) is 37.8 Å². The lowest BCUT2D eigenvalue weighted by Gasteiger charge is -2.06. The summed E-state index contributed by atoms with van der Waals surface area (Å²) in [7, 11) is 0. The molecule has 0 spiro atoms. The number of hydrogen-bond donors (Lipinski definition) is 1. The van der Waals surface area contributed by atoms with Crippen molar-refractivity contribution >= 4 is 34.9 Å². The average Bonchev–Trinajstić information content (AvgIpc) is 3.17. The summed E-state index contributed by atoms with van der Waals surface area (Å²) in [4.78, 5) is 5.50. The van der Waals surface area contributed by atoms with Gasteiger partial charge in [-0.05, 0) is 42.1 Å². The summed E-state index contributed by atoms with van der Waals surface area (Å²) in [5.74, 6) is 0.902. The molecule has 3 rings (SSSR count). The van der Waals surface area contributed by atoms with Crippen LogP contribution in [0, 0.1) is 0 Å². The molecule has 1 aliphatic rings. The Morgan fingerprint density at radius 3 is 2.95 bits per heavy atom. The Bertz CT molecular complexity index is 596. The fourth-order valence-corrected chi connectivity index (χ4v) is 3.78. The molecule has 0 aliphatic heterocycles. The summed E-state index contributed by atoms with van der Waals surface area (Å²) >= 11 is 9.38. The Balaban J connectivity index is 1.66. The molecule has 1 aliphatic carbocycles. The van der Waals surface area contributed by atoms with Crippen LogP contribution in [0.1, 0.15) is 31.2 Å². The first-order chi connectivity index (χ1) is 9.74. The highest BCUT2D eigenvalue weighted by atomic mass is 35.5. The molecular formula is C14H16ClN3S2. The molecule has 1 saturated carbocycles. The lowest BCUT2D eigenvalue weighted by Crippen LogP contribution is -2.15. The zero-order valence-electron chi connectivity index (χ0n) is 11.2. The summed E-state index contributed by atoms with van der Waals surface area (Å²) in [5, 5.41) is 4.28. The average molecular weight is 326 g/mol. The van der Waals surface area contributed by atoms with E-state index in [2.05, 4.69) is 33.7 Å². The Kier molecular flexibility index (Phi) is 4.61. The first kappa shape index (κ1) is 14.3. The maximum atomic E-state index is 6.36. The van der Waals surface area contributed by atoms with Crippen molar-refractivity contribution < 1.29 is 0 Å². The van der Waals surface area contributed by atoms with Crippen molar-refractivity contribution in [1.29, 1.82) is 0 Å². The van der Waals surface area contributed by atoms with E-state index in [4.69, 9.17) is 11.6 Å². The molecule has 1 N–H and O–H groups in total. The first-order valence-electron chi connectivity index (χ1n) is 6.77. The maximum absolute atomic E-state index is 6.36. The van der Waals surface area contributed by atoms with Crippen LogP contribution in [-0.2, 0) is 13.0 Å². The van der Waals surface area contributed by atoms with Crippen LogP contribution in [0.5, 0.6) is 0 Å². The molecule has 0 radical (unpaired) electrons. The van der Waals surface area contributed by atoms with E-state index in [9.17, 15) is 0 Å². The molecule has 1 aromatic carbocycles. The number of nitrogens with zero attached hydrogens (tertiary/aromatic N) is 2. The fourth-order valence-electron chi connectivity index (χ4n) is 1.80. The SMILES string of the molecule is CCc1nsc(Sc2ccc(CNC3CC3)cc2Cl)n1. The number of aryl methyl sites for hydroxylation is 1. The molecule has 0 saturated heterocycles. The van der Waals surface area contributed by atoms with Crippen molar-refractivity contribution in [3.63, 3.8) is 0 Å². The van der Waals surface area contributed by atoms with E-state index >= 15 is 0 Å². The molecule has 1 fully saturated rings.